The molecule has 9 nitrogen and oxygen atoms in total. The molecule has 1 aliphatic carbocycles. The summed E-state index contributed by atoms with van der Waals surface area (Å²) in [5.74, 6) is 1.30. The fourth-order valence-electron chi connectivity index (χ4n) is 3.88. The van der Waals surface area contributed by atoms with Crippen molar-refractivity contribution in [2.75, 3.05) is 12.4 Å². The van der Waals surface area contributed by atoms with E-state index in [4.69, 9.17) is 4.74 Å². The molecule has 0 atom stereocenters. The third-order valence-corrected chi connectivity index (χ3v) is 5.67. The predicted molar refractivity (Wildman–Crippen MR) is 120 cm³/mol. The summed E-state index contributed by atoms with van der Waals surface area (Å²) >= 11 is 0. The number of imidazole rings is 1. The summed E-state index contributed by atoms with van der Waals surface area (Å²) in [6.45, 7) is 1.87. The van der Waals surface area contributed by atoms with E-state index in [1.165, 1.54) is 6.33 Å². The van der Waals surface area contributed by atoms with Crippen LogP contribution >= 0.6 is 0 Å². The van der Waals surface area contributed by atoms with Gasteiger partial charge in [-0.15, -0.1) is 0 Å². The summed E-state index contributed by atoms with van der Waals surface area (Å²) in [6.07, 6.45) is 4.96. The van der Waals surface area contributed by atoms with Gasteiger partial charge in [-0.05, 0) is 56.2 Å². The van der Waals surface area contributed by atoms with Crippen LogP contribution in [0.1, 0.15) is 35.1 Å². The average molecular weight is 429 g/mol. The van der Waals surface area contributed by atoms with Crippen molar-refractivity contribution in [1.29, 1.82) is 0 Å². The lowest BCUT2D eigenvalue weighted by atomic mass is 9.86. The largest absolute Gasteiger partial charge is 0.497 e. The van der Waals surface area contributed by atoms with Gasteiger partial charge in [0.1, 0.15) is 17.8 Å². The second-order valence-corrected chi connectivity index (χ2v) is 7.86. The molecule has 1 fully saturated rings. The number of nitrogens with zero attached hydrogens (tertiary/aromatic N) is 5. The highest BCUT2D eigenvalue weighted by molar-refractivity contribution is 5.92. The fourth-order valence-corrected chi connectivity index (χ4v) is 3.88. The topological polar surface area (TPSA) is 107 Å². The molecule has 2 N–H and O–H groups in total. The molecule has 3 aromatic heterocycles. The van der Waals surface area contributed by atoms with Crippen molar-refractivity contribution in [2.24, 2.45) is 0 Å². The minimum atomic E-state index is -0.138. The lowest BCUT2D eigenvalue weighted by Gasteiger charge is -2.36. The summed E-state index contributed by atoms with van der Waals surface area (Å²) < 4.78 is 7.26. The standard InChI is InChI=1S/C23H23N7O2/c1-14-4-3-5-19(27-14)23(31)29-16-10-17(11-16)30-13-26-20-21(24-12-25-22(20)30)28-15-6-8-18(32-2)9-7-15/h3-9,12-13,16-17H,10-11H2,1-2H3,(H,29,31)(H,24,25,28). The number of fused-ring (bicyclic) bond motifs is 1. The Morgan fingerprint density at radius 2 is 1.91 bits per heavy atom. The van der Waals surface area contributed by atoms with Crippen LogP contribution < -0.4 is 15.4 Å². The second kappa shape index (κ2) is 8.26. The summed E-state index contributed by atoms with van der Waals surface area (Å²) in [4.78, 5) is 30.1. The summed E-state index contributed by atoms with van der Waals surface area (Å²) in [5, 5.41) is 6.36. The highest BCUT2D eigenvalue weighted by atomic mass is 16.5. The van der Waals surface area contributed by atoms with E-state index < -0.39 is 0 Å². The Morgan fingerprint density at radius 3 is 2.66 bits per heavy atom. The molecule has 1 saturated carbocycles. The van der Waals surface area contributed by atoms with E-state index in [0.717, 1.165) is 35.6 Å². The number of aromatic nitrogens is 5. The van der Waals surface area contributed by atoms with E-state index >= 15 is 0 Å². The molecular formula is C23H23N7O2. The molecule has 9 heteroatoms. The number of pyridine rings is 1. The number of aryl methyl sites for hydroxylation is 1. The molecule has 1 aliphatic rings. The summed E-state index contributed by atoms with van der Waals surface area (Å²) in [5.41, 5.74) is 3.64. The Bertz CT molecular complexity index is 1260. The van der Waals surface area contributed by atoms with Gasteiger partial charge in [-0.25, -0.2) is 19.9 Å². The van der Waals surface area contributed by atoms with E-state index in [1.807, 2.05) is 43.3 Å². The molecule has 0 aliphatic heterocycles. The molecule has 0 unspecified atom stereocenters. The fraction of sp³-hybridized carbons (Fsp3) is 0.261. The lowest BCUT2D eigenvalue weighted by molar-refractivity contribution is 0.0889. The van der Waals surface area contributed by atoms with E-state index in [1.54, 1.807) is 19.5 Å². The monoisotopic (exact) mass is 429 g/mol. The van der Waals surface area contributed by atoms with Gasteiger partial charge in [-0.2, -0.15) is 0 Å². The molecule has 5 rings (SSSR count). The number of benzene rings is 1. The zero-order chi connectivity index (χ0) is 22.1. The molecular weight excluding hydrogens is 406 g/mol. The van der Waals surface area contributed by atoms with Crippen molar-refractivity contribution >= 4 is 28.6 Å². The van der Waals surface area contributed by atoms with E-state index in [-0.39, 0.29) is 18.0 Å². The Morgan fingerprint density at radius 1 is 1.09 bits per heavy atom. The van der Waals surface area contributed by atoms with Crippen molar-refractivity contribution in [2.45, 2.75) is 31.8 Å². The third kappa shape index (κ3) is 3.84. The maximum absolute atomic E-state index is 12.4. The van der Waals surface area contributed by atoms with Crippen molar-refractivity contribution < 1.29 is 9.53 Å². The van der Waals surface area contributed by atoms with Crippen molar-refractivity contribution in [3.63, 3.8) is 0 Å². The van der Waals surface area contributed by atoms with Crippen molar-refractivity contribution in [1.82, 2.24) is 29.8 Å². The number of amides is 1. The number of nitrogens with one attached hydrogen (secondary N) is 2. The molecule has 162 valence electrons. The highest BCUT2D eigenvalue weighted by Gasteiger charge is 2.33. The molecule has 3 heterocycles. The van der Waals surface area contributed by atoms with Gasteiger partial charge in [0.15, 0.2) is 17.0 Å². The van der Waals surface area contributed by atoms with Crippen LogP contribution in [-0.2, 0) is 0 Å². The van der Waals surface area contributed by atoms with Gasteiger partial charge in [-0.1, -0.05) is 6.07 Å². The Hall–Kier alpha value is -4.01. The van der Waals surface area contributed by atoms with Crippen LogP contribution in [0.2, 0.25) is 0 Å². The van der Waals surface area contributed by atoms with E-state index in [0.29, 0.717) is 17.0 Å². The molecule has 1 aromatic carbocycles. The first-order valence-corrected chi connectivity index (χ1v) is 10.4. The first-order valence-electron chi connectivity index (χ1n) is 10.4. The third-order valence-electron chi connectivity index (χ3n) is 5.67. The van der Waals surface area contributed by atoms with Crippen LogP contribution in [0.15, 0.2) is 55.1 Å². The van der Waals surface area contributed by atoms with Crippen LogP contribution in [0, 0.1) is 6.92 Å². The molecule has 0 saturated heterocycles. The number of hydrogen-bond donors (Lipinski definition) is 2. The van der Waals surface area contributed by atoms with Gasteiger partial charge in [0.25, 0.3) is 5.91 Å². The van der Waals surface area contributed by atoms with Gasteiger partial charge in [0.2, 0.25) is 0 Å². The molecule has 32 heavy (non-hydrogen) atoms. The Kier molecular flexibility index (Phi) is 5.14. The normalized spacial score (nSPS) is 17.6. The first-order chi connectivity index (χ1) is 15.6. The number of carbonyl (C=O) groups excluding carboxylic acids is 1. The van der Waals surface area contributed by atoms with Crippen molar-refractivity contribution in [3.05, 3.63) is 66.5 Å². The number of rotatable bonds is 6. The highest BCUT2D eigenvalue weighted by Crippen LogP contribution is 2.35. The number of hydrogen-bond acceptors (Lipinski definition) is 7. The number of anilines is 2. The summed E-state index contributed by atoms with van der Waals surface area (Å²) in [7, 11) is 1.64. The molecule has 4 aromatic rings. The van der Waals surface area contributed by atoms with Crippen LogP contribution in [-0.4, -0.2) is 43.6 Å². The Labute approximate surface area is 184 Å². The molecule has 1 amide bonds. The average Bonchev–Trinajstić information content (AvgIpc) is 3.21. The maximum atomic E-state index is 12.4. The number of methoxy groups -OCH3 is 1. The van der Waals surface area contributed by atoms with Gasteiger partial charge >= 0.3 is 0 Å². The molecule has 0 radical (unpaired) electrons. The molecule has 0 spiro atoms. The minimum absolute atomic E-state index is 0.103. The maximum Gasteiger partial charge on any atom is 0.270 e. The van der Waals surface area contributed by atoms with Gasteiger partial charge in [0.05, 0.1) is 13.4 Å². The van der Waals surface area contributed by atoms with Gasteiger partial charge in [0, 0.05) is 23.5 Å². The Balaban J connectivity index is 1.27. The number of carbonyl (C=O) groups is 1. The van der Waals surface area contributed by atoms with Crippen LogP contribution in [0.25, 0.3) is 11.2 Å². The number of ether oxygens (including phenoxy) is 1. The quantitative estimate of drug-likeness (QED) is 0.484. The lowest BCUT2D eigenvalue weighted by Crippen LogP contribution is -2.45. The zero-order valence-electron chi connectivity index (χ0n) is 17.8. The van der Waals surface area contributed by atoms with Crippen LogP contribution in [0.3, 0.4) is 0 Å². The van der Waals surface area contributed by atoms with Crippen LogP contribution in [0.4, 0.5) is 11.5 Å². The first kappa shape index (κ1) is 19.9. The van der Waals surface area contributed by atoms with E-state index in [9.17, 15) is 4.79 Å². The van der Waals surface area contributed by atoms with E-state index in [2.05, 4.69) is 35.1 Å². The minimum Gasteiger partial charge on any atom is -0.497 e. The van der Waals surface area contributed by atoms with Gasteiger partial charge < -0.3 is 19.9 Å². The second-order valence-electron chi connectivity index (χ2n) is 7.86. The zero-order valence-corrected chi connectivity index (χ0v) is 17.8. The SMILES string of the molecule is COc1ccc(Nc2ncnc3c2ncn3C2CC(NC(=O)c3cccc(C)n3)C2)cc1. The molecule has 0 bridgehead atoms. The van der Waals surface area contributed by atoms with Gasteiger partial charge in [-0.3, -0.25) is 4.79 Å². The smallest absolute Gasteiger partial charge is 0.270 e. The summed E-state index contributed by atoms with van der Waals surface area (Å²) in [6, 6.07) is 13.4. The van der Waals surface area contributed by atoms with Crippen LogP contribution in [0.5, 0.6) is 5.75 Å². The predicted octanol–water partition coefficient (Wildman–Crippen LogP) is 3.42. The van der Waals surface area contributed by atoms with Crippen molar-refractivity contribution in [3.8, 4) is 5.75 Å².